The summed E-state index contributed by atoms with van der Waals surface area (Å²) in [6, 6.07) is 6.64. The molecule has 0 aliphatic rings. The first-order valence-corrected chi connectivity index (χ1v) is 4.80. The molecule has 0 saturated carbocycles. The summed E-state index contributed by atoms with van der Waals surface area (Å²) < 4.78 is 18.4. The monoisotopic (exact) mass is 197 g/mol. The molecule has 0 spiro atoms. The molecule has 0 saturated heterocycles. The van der Waals surface area contributed by atoms with E-state index in [1.54, 1.807) is 18.2 Å². The van der Waals surface area contributed by atoms with Crippen LogP contribution in [0.2, 0.25) is 0 Å². The van der Waals surface area contributed by atoms with E-state index in [4.69, 9.17) is 10.5 Å². The number of hydrogen-bond donors (Lipinski definition) is 1. The Kier molecular flexibility index (Phi) is 4.56. The van der Waals surface area contributed by atoms with Crippen molar-refractivity contribution in [1.29, 1.82) is 0 Å². The molecule has 0 radical (unpaired) electrons. The summed E-state index contributed by atoms with van der Waals surface area (Å²) in [5, 5.41) is 0. The maximum atomic E-state index is 13.1. The van der Waals surface area contributed by atoms with Gasteiger partial charge in [0.15, 0.2) is 0 Å². The predicted octanol–water partition coefficient (Wildman–Crippen LogP) is 2.08. The highest BCUT2D eigenvalue weighted by Crippen LogP contribution is 2.07. The minimum atomic E-state index is -0.224. The molecule has 0 aromatic heterocycles. The summed E-state index contributed by atoms with van der Waals surface area (Å²) in [5.41, 5.74) is 6.24. The second-order valence-electron chi connectivity index (χ2n) is 3.27. The van der Waals surface area contributed by atoms with Crippen molar-refractivity contribution in [2.75, 3.05) is 6.61 Å². The second-order valence-corrected chi connectivity index (χ2v) is 3.27. The largest absolute Gasteiger partial charge is 0.375 e. The summed E-state index contributed by atoms with van der Waals surface area (Å²) in [4.78, 5) is 0. The van der Waals surface area contributed by atoms with Crippen molar-refractivity contribution in [3.63, 3.8) is 0 Å². The van der Waals surface area contributed by atoms with Crippen molar-refractivity contribution in [2.24, 2.45) is 5.73 Å². The molecule has 0 aliphatic carbocycles. The number of rotatable bonds is 5. The first kappa shape index (κ1) is 11.1. The van der Waals surface area contributed by atoms with Crippen LogP contribution in [0.4, 0.5) is 4.39 Å². The zero-order chi connectivity index (χ0) is 10.4. The van der Waals surface area contributed by atoms with Gasteiger partial charge in [0.1, 0.15) is 5.82 Å². The van der Waals surface area contributed by atoms with Gasteiger partial charge in [0, 0.05) is 11.6 Å². The van der Waals surface area contributed by atoms with E-state index in [0.29, 0.717) is 18.8 Å². The highest BCUT2D eigenvalue weighted by molar-refractivity contribution is 5.16. The Morgan fingerprint density at radius 3 is 2.79 bits per heavy atom. The van der Waals surface area contributed by atoms with E-state index in [1.807, 2.05) is 6.92 Å². The summed E-state index contributed by atoms with van der Waals surface area (Å²) in [6.45, 7) is 2.77. The number of halogens is 1. The molecule has 1 aromatic carbocycles. The molecule has 2 N–H and O–H groups in total. The highest BCUT2D eigenvalue weighted by Gasteiger charge is 2.02. The zero-order valence-electron chi connectivity index (χ0n) is 8.37. The Morgan fingerprint density at radius 2 is 2.14 bits per heavy atom. The van der Waals surface area contributed by atoms with Gasteiger partial charge in [0.05, 0.1) is 13.2 Å². The van der Waals surface area contributed by atoms with E-state index in [2.05, 4.69) is 0 Å². The van der Waals surface area contributed by atoms with Crippen LogP contribution in [0.15, 0.2) is 24.3 Å². The fourth-order valence-electron chi connectivity index (χ4n) is 1.05. The van der Waals surface area contributed by atoms with Crippen LogP contribution in [0, 0.1) is 5.82 Å². The van der Waals surface area contributed by atoms with Gasteiger partial charge < -0.3 is 10.5 Å². The zero-order valence-corrected chi connectivity index (χ0v) is 8.37. The smallest absolute Gasteiger partial charge is 0.128 e. The van der Waals surface area contributed by atoms with Crippen LogP contribution in [-0.4, -0.2) is 12.6 Å². The number of nitrogens with two attached hydrogens (primary N) is 1. The van der Waals surface area contributed by atoms with Gasteiger partial charge in [-0.05, 0) is 12.5 Å². The Bertz CT molecular complexity index is 278. The van der Waals surface area contributed by atoms with Gasteiger partial charge >= 0.3 is 0 Å². The molecule has 14 heavy (non-hydrogen) atoms. The van der Waals surface area contributed by atoms with Crippen LogP contribution in [-0.2, 0) is 11.3 Å². The maximum Gasteiger partial charge on any atom is 0.128 e. The van der Waals surface area contributed by atoms with Crippen molar-refractivity contribution in [2.45, 2.75) is 26.0 Å². The van der Waals surface area contributed by atoms with Crippen LogP contribution in [0.5, 0.6) is 0 Å². The van der Waals surface area contributed by atoms with E-state index in [9.17, 15) is 4.39 Å². The SMILES string of the molecule is CC[C@H](N)COCc1ccccc1F. The van der Waals surface area contributed by atoms with Crippen molar-refractivity contribution in [3.05, 3.63) is 35.6 Å². The van der Waals surface area contributed by atoms with Crippen LogP contribution >= 0.6 is 0 Å². The fourth-order valence-corrected chi connectivity index (χ4v) is 1.05. The Hall–Kier alpha value is -0.930. The van der Waals surface area contributed by atoms with E-state index < -0.39 is 0 Å². The molecular formula is C11H16FNO. The van der Waals surface area contributed by atoms with Crippen LogP contribution in [0.25, 0.3) is 0 Å². The lowest BCUT2D eigenvalue weighted by Crippen LogP contribution is -2.24. The van der Waals surface area contributed by atoms with Crippen molar-refractivity contribution in [3.8, 4) is 0 Å². The Labute approximate surface area is 83.9 Å². The van der Waals surface area contributed by atoms with Crippen LogP contribution in [0.3, 0.4) is 0 Å². The Balaban J connectivity index is 2.35. The van der Waals surface area contributed by atoms with Crippen molar-refractivity contribution >= 4 is 0 Å². The highest BCUT2D eigenvalue weighted by atomic mass is 19.1. The number of ether oxygens (including phenoxy) is 1. The average Bonchev–Trinajstić information content (AvgIpc) is 2.20. The number of hydrogen-bond acceptors (Lipinski definition) is 2. The van der Waals surface area contributed by atoms with Gasteiger partial charge in [-0.3, -0.25) is 0 Å². The van der Waals surface area contributed by atoms with Gasteiger partial charge in [0.2, 0.25) is 0 Å². The quantitative estimate of drug-likeness (QED) is 0.784. The standard InChI is InChI=1S/C11H16FNO/c1-2-10(13)8-14-7-9-5-3-4-6-11(9)12/h3-6,10H,2,7-8,13H2,1H3/t10-/m0/s1. The summed E-state index contributed by atoms with van der Waals surface area (Å²) in [6.07, 6.45) is 0.872. The lowest BCUT2D eigenvalue weighted by molar-refractivity contribution is 0.105. The molecule has 0 amide bonds. The van der Waals surface area contributed by atoms with E-state index >= 15 is 0 Å². The van der Waals surface area contributed by atoms with Gasteiger partial charge in [-0.2, -0.15) is 0 Å². The van der Waals surface area contributed by atoms with Gasteiger partial charge in [-0.1, -0.05) is 25.1 Å². The molecule has 0 bridgehead atoms. The summed E-state index contributed by atoms with van der Waals surface area (Å²) in [7, 11) is 0. The summed E-state index contributed by atoms with van der Waals surface area (Å²) >= 11 is 0. The summed E-state index contributed by atoms with van der Waals surface area (Å²) in [5.74, 6) is -0.224. The molecule has 3 heteroatoms. The lowest BCUT2D eigenvalue weighted by atomic mass is 10.2. The van der Waals surface area contributed by atoms with E-state index in [1.165, 1.54) is 6.07 Å². The van der Waals surface area contributed by atoms with E-state index in [-0.39, 0.29) is 11.9 Å². The topological polar surface area (TPSA) is 35.2 Å². The molecule has 0 unspecified atom stereocenters. The third-order valence-corrected chi connectivity index (χ3v) is 2.07. The van der Waals surface area contributed by atoms with Crippen molar-refractivity contribution in [1.82, 2.24) is 0 Å². The molecular weight excluding hydrogens is 181 g/mol. The molecule has 1 rings (SSSR count). The molecule has 0 aliphatic heterocycles. The predicted molar refractivity (Wildman–Crippen MR) is 54.3 cm³/mol. The Morgan fingerprint density at radius 1 is 1.43 bits per heavy atom. The first-order chi connectivity index (χ1) is 6.74. The molecule has 2 nitrogen and oxygen atoms in total. The molecule has 78 valence electrons. The van der Waals surface area contributed by atoms with E-state index in [0.717, 1.165) is 6.42 Å². The third-order valence-electron chi connectivity index (χ3n) is 2.07. The van der Waals surface area contributed by atoms with Gasteiger partial charge in [0.25, 0.3) is 0 Å². The molecule has 1 atom stereocenters. The molecule has 0 heterocycles. The number of benzene rings is 1. The fraction of sp³-hybridized carbons (Fsp3) is 0.455. The van der Waals surface area contributed by atoms with Crippen LogP contribution in [0.1, 0.15) is 18.9 Å². The minimum Gasteiger partial charge on any atom is -0.375 e. The normalized spacial score (nSPS) is 12.8. The molecule has 0 fully saturated rings. The van der Waals surface area contributed by atoms with Crippen LogP contribution < -0.4 is 5.73 Å². The third kappa shape index (κ3) is 3.44. The second kappa shape index (κ2) is 5.73. The van der Waals surface area contributed by atoms with Gasteiger partial charge in [-0.25, -0.2) is 4.39 Å². The maximum absolute atomic E-state index is 13.1. The molecule has 1 aromatic rings. The minimum absolute atomic E-state index is 0.0433. The van der Waals surface area contributed by atoms with Gasteiger partial charge in [-0.15, -0.1) is 0 Å². The van der Waals surface area contributed by atoms with Crippen molar-refractivity contribution < 1.29 is 9.13 Å². The first-order valence-electron chi connectivity index (χ1n) is 4.80. The average molecular weight is 197 g/mol. The lowest BCUT2D eigenvalue weighted by Gasteiger charge is -2.09.